The van der Waals surface area contributed by atoms with E-state index >= 15 is 0 Å². The first-order valence-electron chi connectivity index (χ1n) is 8.70. The predicted molar refractivity (Wildman–Crippen MR) is 95.7 cm³/mol. The molecular formula is C20H33N2+. The highest BCUT2D eigenvalue weighted by Crippen LogP contribution is 2.06. The topological polar surface area (TPSA) is 7.12 Å². The summed E-state index contributed by atoms with van der Waals surface area (Å²) >= 11 is 0. The number of pyridine rings is 1. The number of hydrogen-bond donors (Lipinski definition) is 0. The molecular weight excluding hydrogens is 268 g/mol. The van der Waals surface area contributed by atoms with Gasteiger partial charge in [-0.3, -0.25) is 0 Å². The molecule has 1 aromatic rings. The van der Waals surface area contributed by atoms with Crippen LogP contribution >= 0.6 is 0 Å². The van der Waals surface area contributed by atoms with Crippen molar-refractivity contribution in [2.75, 3.05) is 13.1 Å². The van der Waals surface area contributed by atoms with Crippen LogP contribution in [0, 0.1) is 6.92 Å². The highest BCUT2D eigenvalue weighted by molar-refractivity contribution is 5.19. The Morgan fingerprint density at radius 1 is 1.05 bits per heavy atom. The van der Waals surface area contributed by atoms with E-state index in [4.69, 9.17) is 0 Å². The minimum absolute atomic E-state index is 1.10. The number of aromatic nitrogens is 1. The molecule has 0 spiro atoms. The van der Waals surface area contributed by atoms with Gasteiger partial charge in [0, 0.05) is 31.6 Å². The first-order valence-corrected chi connectivity index (χ1v) is 8.70. The molecule has 2 heterocycles. The molecule has 0 fully saturated rings. The van der Waals surface area contributed by atoms with Gasteiger partial charge in [0.2, 0.25) is 0 Å². The molecule has 0 amide bonds. The van der Waals surface area contributed by atoms with Crippen molar-refractivity contribution in [3.63, 3.8) is 0 Å². The van der Waals surface area contributed by atoms with Crippen molar-refractivity contribution >= 4 is 0 Å². The van der Waals surface area contributed by atoms with Crippen LogP contribution in [-0.2, 0) is 6.54 Å². The zero-order chi connectivity index (χ0) is 16.2. The second-order valence-electron chi connectivity index (χ2n) is 6.08. The number of hydrogen-bond acceptors (Lipinski definition) is 1. The average Bonchev–Trinajstić information content (AvgIpc) is 2.54. The Labute approximate surface area is 137 Å². The second-order valence-corrected chi connectivity index (χ2v) is 6.08. The quantitative estimate of drug-likeness (QED) is 0.694. The minimum atomic E-state index is 1.10. The van der Waals surface area contributed by atoms with Gasteiger partial charge in [-0.25, -0.2) is 4.57 Å². The van der Waals surface area contributed by atoms with Gasteiger partial charge in [-0.2, -0.15) is 0 Å². The molecule has 0 bridgehead atoms. The second kappa shape index (κ2) is 11.1. The fourth-order valence-electron chi connectivity index (χ4n) is 2.16. The zero-order valence-electron chi connectivity index (χ0n) is 14.9. The number of nitrogens with zero attached hydrogens (tertiary/aromatic N) is 2. The van der Waals surface area contributed by atoms with Gasteiger partial charge in [0.15, 0.2) is 12.4 Å². The maximum Gasteiger partial charge on any atom is 0.169 e. The molecule has 0 N–H and O–H groups in total. The van der Waals surface area contributed by atoms with E-state index in [0.29, 0.717) is 0 Å². The lowest BCUT2D eigenvalue weighted by Crippen LogP contribution is -2.32. The smallest absolute Gasteiger partial charge is 0.169 e. The Hall–Kier alpha value is -1.57. The Bertz CT molecular complexity index is 457. The highest BCUT2D eigenvalue weighted by Gasteiger charge is 1.99. The molecule has 1 aromatic heterocycles. The van der Waals surface area contributed by atoms with E-state index in [9.17, 15) is 0 Å². The van der Waals surface area contributed by atoms with Crippen LogP contribution in [0.4, 0.5) is 0 Å². The van der Waals surface area contributed by atoms with Gasteiger partial charge in [-0.15, -0.1) is 0 Å². The largest absolute Gasteiger partial charge is 0.374 e. The van der Waals surface area contributed by atoms with Crippen molar-refractivity contribution in [3.8, 4) is 0 Å². The van der Waals surface area contributed by atoms with Gasteiger partial charge < -0.3 is 4.90 Å². The normalized spacial score (nSPS) is 13.5. The van der Waals surface area contributed by atoms with Crippen molar-refractivity contribution in [2.45, 2.75) is 59.9 Å². The average molecular weight is 301 g/mol. The SMILES string of the molecule is CCCCN1C=CC(C)=CC1.CCCC[n+]1ccc(C)cc1. The molecule has 22 heavy (non-hydrogen) atoms. The first-order chi connectivity index (χ1) is 10.7. The first kappa shape index (κ1) is 18.5. The fraction of sp³-hybridized carbons (Fsp3) is 0.550. The summed E-state index contributed by atoms with van der Waals surface area (Å²) in [5.74, 6) is 0. The van der Waals surface area contributed by atoms with E-state index in [2.05, 4.69) is 80.0 Å². The lowest BCUT2D eigenvalue weighted by molar-refractivity contribution is -0.697. The van der Waals surface area contributed by atoms with Gasteiger partial charge >= 0.3 is 0 Å². The van der Waals surface area contributed by atoms with Crippen molar-refractivity contribution in [1.82, 2.24) is 4.90 Å². The lowest BCUT2D eigenvalue weighted by atomic mass is 10.2. The molecule has 2 rings (SSSR count). The summed E-state index contributed by atoms with van der Waals surface area (Å²) in [6.45, 7) is 12.2. The molecule has 0 saturated heterocycles. The molecule has 0 unspecified atom stereocenters. The molecule has 122 valence electrons. The summed E-state index contributed by atoms with van der Waals surface area (Å²) in [6, 6.07) is 4.30. The molecule has 0 atom stereocenters. The summed E-state index contributed by atoms with van der Waals surface area (Å²) in [7, 11) is 0. The van der Waals surface area contributed by atoms with Crippen LogP contribution in [0.15, 0.2) is 48.5 Å². The Morgan fingerprint density at radius 3 is 2.27 bits per heavy atom. The summed E-state index contributed by atoms with van der Waals surface area (Å²) in [5.41, 5.74) is 2.72. The third-order valence-electron chi connectivity index (χ3n) is 3.82. The third kappa shape index (κ3) is 8.02. The molecule has 0 aliphatic carbocycles. The van der Waals surface area contributed by atoms with E-state index in [1.165, 1.54) is 43.4 Å². The van der Waals surface area contributed by atoms with Crippen molar-refractivity contribution in [2.24, 2.45) is 0 Å². The Kier molecular flexibility index (Phi) is 9.29. The van der Waals surface area contributed by atoms with Gasteiger partial charge in [-0.1, -0.05) is 38.3 Å². The van der Waals surface area contributed by atoms with E-state index in [0.717, 1.165) is 13.1 Å². The number of allylic oxidation sites excluding steroid dienone is 2. The van der Waals surface area contributed by atoms with Crippen LogP contribution in [0.25, 0.3) is 0 Å². The van der Waals surface area contributed by atoms with E-state index < -0.39 is 0 Å². The van der Waals surface area contributed by atoms with Crippen LogP contribution in [-0.4, -0.2) is 18.0 Å². The molecule has 0 aromatic carbocycles. The lowest BCUT2D eigenvalue weighted by Gasteiger charge is -2.21. The van der Waals surface area contributed by atoms with Gasteiger partial charge in [0.25, 0.3) is 0 Å². The summed E-state index contributed by atoms with van der Waals surface area (Å²) in [4.78, 5) is 2.36. The van der Waals surface area contributed by atoms with Gasteiger partial charge in [0.05, 0.1) is 0 Å². The molecule has 1 aliphatic heterocycles. The maximum absolute atomic E-state index is 2.36. The summed E-state index contributed by atoms with van der Waals surface area (Å²) < 4.78 is 2.23. The highest BCUT2D eigenvalue weighted by atomic mass is 15.1. The standard InChI is InChI=1S/C10H17N.C10H16N/c2*1-3-4-7-11-8-5-10(2)6-9-11/h5-6,8H,3-4,7,9H2,1-2H3;5-6,8-9H,3-4,7H2,1-2H3/q;+1. The molecule has 1 aliphatic rings. The molecule has 2 heteroatoms. The maximum atomic E-state index is 2.36. The van der Waals surface area contributed by atoms with Crippen molar-refractivity contribution in [3.05, 3.63) is 54.0 Å². The van der Waals surface area contributed by atoms with Crippen LogP contribution in [0.3, 0.4) is 0 Å². The van der Waals surface area contributed by atoms with E-state index in [1.54, 1.807) is 0 Å². The van der Waals surface area contributed by atoms with Gasteiger partial charge in [0.1, 0.15) is 6.54 Å². The van der Waals surface area contributed by atoms with Crippen LogP contribution in [0.1, 0.15) is 52.0 Å². The molecule has 0 saturated carbocycles. The van der Waals surface area contributed by atoms with Crippen molar-refractivity contribution < 1.29 is 4.57 Å². The molecule has 0 radical (unpaired) electrons. The van der Waals surface area contributed by atoms with Crippen molar-refractivity contribution in [1.29, 1.82) is 0 Å². The summed E-state index contributed by atoms with van der Waals surface area (Å²) in [5, 5.41) is 0. The molecule has 2 nitrogen and oxygen atoms in total. The predicted octanol–water partition coefficient (Wildman–Crippen LogP) is 4.64. The summed E-state index contributed by atoms with van der Waals surface area (Å²) in [6.07, 6.45) is 16.1. The van der Waals surface area contributed by atoms with Crippen LogP contribution < -0.4 is 4.57 Å². The van der Waals surface area contributed by atoms with E-state index in [1.807, 2.05) is 0 Å². The fourth-order valence-corrected chi connectivity index (χ4v) is 2.16. The van der Waals surface area contributed by atoms with Gasteiger partial charge in [-0.05, 0) is 38.1 Å². The van der Waals surface area contributed by atoms with Crippen LogP contribution in [0.2, 0.25) is 0 Å². The van der Waals surface area contributed by atoms with E-state index in [-0.39, 0.29) is 0 Å². The monoisotopic (exact) mass is 301 g/mol. The minimum Gasteiger partial charge on any atom is -0.374 e. The third-order valence-corrected chi connectivity index (χ3v) is 3.82. The number of aryl methyl sites for hydroxylation is 2. The zero-order valence-corrected chi connectivity index (χ0v) is 14.9. The number of unbranched alkanes of at least 4 members (excludes halogenated alkanes) is 2. The van der Waals surface area contributed by atoms with Crippen LogP contribution in [0.5, 0.6) is 0 Å². The Morgan fingerprint density at radius 2 is 1.73 bits per heavy atom. The Balaban J connectivity index is 0.000000220. The number of rotatable bonds is 6.